The van der Waals surface area contributed by atoms with Crippen LogP contribution in [-0.4, -0.2) is 24.8 Å². The van der Waals surface area contributed by atoms with Gasteiger partial charge in [-0.3, -0.25) is 25.0 Å². The lowest BCUT2D eigenvalue weighted by Crippen LogP contribution is -2.34. The van der Waals surface area contributed by atoms with Gasteiger partial charge in [0.05, 0.1) is 16.6 Å². The lowest BCUT2D eigenvalue weighted by Gasteiger charge is -2.14. The van der Waals surface area contributed by atoms with Gasteiger partial charge < -0.3 is 9.14 Å². The minimum Gasteiger partial charge on any atom is -0.487 e. The number of hydrogen-bond donors (Lipinski definition) is 2. The molecule has 0 saturated heterocycles. The zero-order valence-electron chi connectivity index (χ0n) is 19.4. The molecule has 0 unspecified atom stereocenters. The normalized spacial score (nSPS) is 11.0. The topological polar surface area (TPSA) is 103 Å². The lowest BCUT2D eigenvalue weighted by molar-refractivity contribution is 0.0962. The van der Waals surface area contributed by atoms with Crippen molar-refractivity contribution in [1.82, 2.24) is 24.4 Å². The van der Waals surface area contributed by atoms with E-state index in [9.17, 15) is 9.59 Å². The van der Waals surface area contributed by atoms with E-state index in [4.69, 9.17) is 4.74 Å². The Morgan fingerprint density at radius 1 is 1.03 bits per heavy atom. The van der Waals surface area contributed by atoms with E-state index in [2.05, 4.69) is 20.8 Å². The summed E-state index contributed by atoms with van der Waals surface area (Å²) in [6.45, 7) is 4.59. The number of ether oxygens (including phenoxy) is 1. The Morgan fingerprint density at radius 3 is 2.60 bits per heavy atom. The van der Waals surface area contributed by atoms with E-state index in [1.54, 1.807) is 42.5 Å². The molecule has 9 nitrogen and oxygen atoms in total. The summed E-state index contributed by atoms with van der Waals surface area (Å²) in [5.41, 5.74) is 9.03. The van der Waals surface area contributed by atoms with Gasteiger partial charge in [-0.2, -0.15) is 0 Å². The van der Waals surface area contributed by atoms with E-state index >= 15 is 0 Å². The molecule has 5 aromatic rings. The monoisotopic (exact) mass is 468 g/mol. The highest BCUT2D eigenvalue weighted by Gasteiger charge is 2.12. The van der Waals surface area contributed by atoms with Gasteiger partial charge in [-0.05, 0) is 61.9 Å². The van der Waals surface area contributed by atoms with Gasteiger partial charge in [-0.1, -0.05) is 18.2 Å². The fourth-order valence-corrected chi connectivity index (χ4v) is 3.88. The molecule has 35 heavy (non-hydrogen) atoms. The van der Waals surface area contributed by atoms with E-state index in [0.717, 1.165) is 16.9 Å². The molecule has 0 bridgehead atoms. The van der Waals surface area contributed by atoms with Crippen LogP contribution in [0.5, 0.6) is 5.75 Å². The lowest BCUT2D eigenvalue weighted by atomic mass is 10.2. The van der Waals surface area contributed by atoms with Crippen LogP contribution in [0, 0.1) is 6.92 Å². The second kappa shape index (κ2) is 9.30. The molecule has 176 valence electrons. The van der Waals surface area contributed by atoms with Crippen LogP contribution >= 0.6 is 0 Å². The summed E-state index contributed by atoms with van der Waals surface area (Å²) in [7, 11) is 0. The number of para-hydroxylation sites is 1. The zero-order chi connectivity index (χ0) is 24.4. The molecular weight excluding hydrogens is 444 g/mol. The van der Waals surface area contributed by atoms with Crippen molar-refractivity contribution in [3.05, 3.63) is 100 Å². The average molecular weight is 469 g/mol. The Labute approximate surface area is 201 Å². The predicted molar refractivity (Wildman–Crippen MR) is 133 cm³/mol. The van der Waals surface area contributed by atoms with Crippen LogP contribution in [0.1, 0.15) is 28.5 Å². The fraction of sp³-hybridized carbons (Fsp3) is 0.154. The maximum atomic E-state index is 12.7. The van der Waals surface area contributed by atoms with Crippen molar-refractivity contribution in [1.29, 1.82) is 0 Å². The minimum absolute atomic E-state index is 0.169. The molecule has 3 aromatic heterocycles. The van der Waals surface area contributed by atoms with Crippen LogP contribution in [0.2, 0.25) is 0 Å². The van der Waals surface area contributed by atoms with E-state index < -0.39 is 0 Å². The second-order valence-corrected chi connectivity index (χ2v) is 8.05. The summed E-state index contributed by atoms with van der Waals surface area (Å²) in [6, 6.07) is 17.9. The summed E-state index contributed by atoms with van der Waals surface area (Å²) in [4.78, 5) is 34.4. The SMILES string of the molecule is CCn1c(NNC(=O)c2ccc(OCc3cn4cccc(C)c4n3)cc2)nc2ccccc2c1=O. The number of carbonyl (C=O) groups is 1. The van der Waals surface area contributed by atoms with Crippen LogP contribution in [-0.2, 0) is 13.2 Å². The van der Waals surface area contributed by atoms with Crippen molar-refractivity contribution >= 4 is 28.4 Å². The van der Waals surface area contributed by atoms with Gasteiger partial charge in [0.2, 0.25) is 5.95 Å². The maximum Gasteiger partial charge on any atom is 0.269 e. The van der Waals surface area contributed by atoms with Crippen LogP contribution in [0.25, 0.3) is 16.6 Å². The summed E-state index contributed by atoms with van der Waals surface area (Å²) in [5.74, 6) is 0.531. The first kappa shape index (κ1) is 22.1. The Hall–Kier alpha value is -4.66. The van der Waals surface area contributed by atoms with E-state index in [1.807, 2.05) is 48.8 Å². The fourth-order valence-electron chi connectivity index (χ4n) is 3.88. The number of nitrogens with one attached hydrogen (secondary N) is 2. The largest absolute Gasteiger partial charge is 0.487 e. The second-order valence-electron chi connectivity index (χ2n) is 8.05. The van der Waals surface area contributed by atoms with Gasteiger partial charge in [0, 0.05) is 24.5 Å². The van der Waals surface area contributed by atoms with E-state index in [1.165, 1.54) is 4.57 Å². The molecule has 0 spiro atoms. The Kier molecular flexibility index (Phi) is 5.88. The molecule has 5 rings (SSSR count). The molecule has 0 aliphatic carbocycles. The predicted octanol–water partition coefficient (Wildman–Crippen LogP) is 3.71. The van der Waals surface area contributed by atoms with Gasteiger partial charge in [0.15, 0.2) is 0 Å². The minimum atomic E-state index is -0.363. The molecule has 0 aliphatic rings. The highest BCUT2D eigenvalue weighted by molar-refractivity contribution is 5.95. The Bertz CT molecular complexity index is 1590. The number of amides is 1. The molecule has 0 atom stereocenters. The molecule has 1 amide bonds. The van der Waals surface area contributed by atoms with Crippen molar-refractivity contribution in [2.75, 3.05) is 5.43 Å². The summed E-state index contributed by atoms with van der Waals surface area (Å²) in [6.07, 6.45) is 3.89. The number of imidazole rings is 1. The van der Waals surface area contributed by atoms with Crippen molar-refractivity contribution < 1.29 is 9.53 Å². The number of fused-ring (bicyclic) bond motifs is 2. The zero-order valence-corrected chi connectivity index (χ0v) is 19.4. The third-order valence-corrected chi connectivity index (χ3v) is 5.70. The number of hydrogen-bond acceptors (Lipinski definition) is 6. The number of rotatable bonds is 7. The van der Waals surface area contributed by atoms with Gasteiger partial charge in [0.25, 0.3) is 11.5 Å². The first-order chi connectivity index (χ1) is 17.0. The van der Waals surface area contributed by atoms with E-state index in [-0.39, 0.29) is 17.4 Å². The van der Waals surface area contributed by atoms with Crippen LogP contribution in [0.4, 0.5) is 5.95 Å². The highest BCUT2D eigenvalue weighted by atomic mass is 16.5. The number of aromatic nitrogens is 4. The van der Waals surface area contributed by atoms with Gasteiger partial charge >= 0.3 is 0 Å². The van der Waals surface area contributed by atoms with Crippen molar-refractivity contribution in [3.63, 3.8) is 0 Å². The molecule has 2 aromatic carbocycles. The molecule has 3 heterocycles. The number of aryl methyl sites for hydroxylation is 1. The first-order valence-electron chi connectivity index (χ1n) is 11.3. The quantitative estimate of drug-likeness (QED) is 0.353. The number of hydrazine groups is 1. The molecule has 0 aliphatic heterocycles. The summed E-state index contributed by atoms with van der Waals surface area (Å²) in [5, 5.41) is 0.528. The van der Waals surface area contributed by atoms with Crippen LogP contribution in [0.3, 0.4) is 0 Å². The Morgan fingerprint density at radius 2 is 1.83 bits per heavy atom. The highest BCUT2D eigenvalue weighted by Crippen LogP contribution is 2.16. The van der Waals surface area contributed by atoms with E-state index in [0.29, 0.717) is 35.4 Å². The number of pyridine rings is 1. The van der Waals surface area contributed by atoms with Crippen molar-refractivity contribution in [2.45, 2.75) is 27.0 Å². The molecule has 9 heteroatoms. The van der Waals surface area contributed by atoms with Crippen molar-refractivity contribution in [2.24, 2.45) is 0 Å². The first-order valence-corrected chi connectivity index (χ1v) is 11.3. The number of benzene rings is 2. The summed E-state index contributed by atoms with van der Waals surface area (Å²) < 4.78 is 9.28. The third kappa shape index (κ3) is 4.43. The number of anilines is 1. The standard InChI is InChI=1S/C26H24N6O3/c1-3-32-25(34)21-8-4-5-9-22(21)28-26(32)30-29-24(33)18-10-12-20(13-11-18)35-16-19-15-31-14-6-7-17(2)23(31)27-19/h4-15H,3,16H2,1-2H3,(H,28,30)(H,29,33). The molecular formula is C26H24N6O3. The molecule has 0 saturated carbocycles. The van der Waals surface area contributed by atoms with Crippen molar-refractivity contribution in [3.8, 4) is 5.75 Å². The summed E-state index contributed by atoms with van der Waals surface area (Å²) >= 11 is 0. The van der Waals surface area contributed by atoms with Gasteiger partial charge in [-0.15, -0.1) is 0 Å². The average Bonchev–Trinajstić information content (AvgIpc) is 3.31. The molecule has 2 N–H and O–H groups in total. The number of nitrogens with zero attached hydrogens (tertiary/aromatic N) is 4. The van der Waals surface area contributed by atoms with Crippen LogP contribution in [0.15, 0.2) is 77.9 Å². The molecule has 0 radical (unpaired) electrons. The third-order valence-electron chi connectivity index (χ3n) is 5.70. The van der Waals surface area contributed by atoms with Crippen LogP contribution < -0.4 is 21.1 Å². The van der Waals surface area contributed by atoms with Gasteiger partial charge in [-0.25, -0.2) is 9.97 Å². The molecule has 0 fully saturated rings. The van der Waals surface area contributed by atoms with Gasteiger partial charge in [0.1, 0.15) is 18.0 Å². The number of carbonyl (C=O) groups excluding carboxylic acids is 1. The smallest absolute Gasteiger partial charge is 0.269 e. The maximum absolute atomic E-state index is 12.7. The Balaban J connectivity index is 1.24.